The summed E-state index contributed by atoms with van der Waals surface area (Å²) in [7, 11) is 1.25. The number of hydrogen-bond donors (Lipinski definition) is 3. The van der Waals surface area contributed by atoms with Gasteiger partial charge in [0.25, 0.3) is 5.91 Å². The first-order valence-corrected chi connectivity index (χ1v) is 6.90. The highest BCUT2D eigenvalue weighted by atomic mass is 16.6. The predicted molar refractivity (Wildman–Crippen MR) is 86.5 cm³/mol. The van der Waals surface area contributed by atoms with Crippen LogP contribution in [-0.2, 0) is 6.61 Å². The standard InChI is InChI=1S/C15H14N4O6/c1-25-13-5-9(4-12(14(13)21)19(23)24)6-17-18-15(22)10-2-3-11(8-20)16-7-10/h2-7,20-21H,8H2,1H3,(H,18,22)/b17-6-. The molecule has 0 aliphatic rings. The van der Waals surface area contributed by atoms with Crippen molar-refractivity contribution >= 4 is 17.8 Å². The number of nitro groups is 1. The lowest BCUT2D eigenvalue weighted by Gasteiger charge is -2.05. The Bertz CT molecular complexity index is 820. The fourth-order valence-corrected chi connectivity index (χ4v) is 1.87. The van der Waals surface area contributed by atoms with Gasteiger partial charge in [0.1, 0.15) is 0 Å². The molecular formula is C15H14N4O6. The number of pyridine rings is 1. The van der Waals surface area contributed by atoms with Crippen LogP contribution in [0.25, 0.3) is 0 Å². The normalized spacial score (nSPS) is 10.6. The highest BCUT2D eigenvalue weighted by Crippen LogP contribution is 2.36. The van der Waals surface area contributed by atoms with E-state index in [-0.39, 0.29) is 23.5 Å². The summed E-state index contributed by atoms with van der Waals surface area (Å²) in [5.74, 6) is -1.23. The molecule has 25 heavy (non-hydrogen) atoms. The van der Waals surface area contributed by atoms with E-state index in [2.05, 4.69) is 15.5 Å². The quantitative estimate of drug-likeness (QED) is 0.401. The number of rotatable bonds is 6. The number of methoxy groups -OCH3 is 1. The molecule has 0 saturated heterocycles. The molecule has 10 heteroatoms. The lowest BCUT2D eigenvalue weighted by Crippen LogP contribution is -2.18. The molecule has 0 unspecified atom stereocenters. The second-order valence-corrected chi connectivity index (χ2v) is 4.74. The second kappa shape index (κ2) is 7.84. The molecule has 0 saturated carbocycles. The van der Waals surface area contributed by atoms with Crippen molar-refractivity contribution in [3.63, 3.8) is 0 Å². The van der Waals surface area contributed by atoms with Gasteiger partial charge in [0, 0.05) is 17.8 Å². The molecule has 0 aliphatic heterocycles. The van der Waals surface area contributed by atoms with Crippen LogP contribution in [0, 0.1) is 10.1 Å². The van der Waals surface area contributed by atoms with Crippen molar-refractivity contribution in [3.8, 4) is 11.5 Å². The molecule has 1 aromatic carbocycles. The first-order chi connectivity index (χ1) is 12.0. The van der Waals surface area contributed by atoms with Crippen LogP contribution in [0.3, 0.4) is 0 Å². The molecule has 130 valence electrons. The van der Waals surface area contributed by atoms with Crippen molar-refractivity contribution in [2.75, 3.05) is 7.11 Å². The maximum atomic E-state index is 11.9. The van der Waals surface area contributed by atoms with Crippen LogP contribution in [0.15, 0.2) is 35.6 Å². The Morgan fingerprint density at radius 1 is 1.48 bits per heavy atom. The number of amides is 1. The average molecular weight is 346 g/mol. The number of aliphatic hydroxyl groups is 1. The molecule has 1 aromatic heterocycles. The minimum absolute atomic E-state index is 0.0919. The summed E-state index contributed by atoms with van der Waals surface area (Å²) in [5.41, 5.74) is 2.59. The lowest BCUT2D eigenvalue weighted by atomic mass is 10.2. The molecule has 0 aliphatic carbocycles. The molecule has 1 amide bonds. The highest BCUT2D eigenvalue weighted by molar-refractivity contribution is 5.94. The Morgan fingerprint density at radius 3 is 2.80 bits per heavy atom. The van der Waals surface area contributed by atoms with Gasteiger partial charge in [-0.15, -0.1) is 0 Å². The van der Waals surface area contributed by atoms with Gasteiger partial charge in [-0.1, -0.05) is 0 Å². The van der Waals surface area contributed by atoms with Gasteiger partial charge in [0.05, 0.1) is 36.1 Å². The molecule has 0 spiro atoms. The number of carbonyl (C=O) groups excluding carboxylic acids is 1. The summed E-state index contributed by atoms with van der Waals surface area (Å²) >= 11 is 0. The average Bonchev–Trinajstić information content (AvgIpc) is 2.62. The van der Waals surface area contributed by atoms with Gasteiger partial charge >= 0.3 is 5.69 Å². The number of phenols is 1. The molecule has 2 aromatic rings. The van der Waals surface area contributed by atoms with Crippen LogP contribution in [0.4, 0.5) is 5.69 Å². The molecule has 1 heterocycles. The number of aromatic hydroxyl groups is 1. The Hall–Kier alpha value is -3.53. The Kier molecular flexibility index (Phi) is 5.58. The maximum absolute atomic E-state index is 11.9. The van der Waals surface area contributed by atoms with Crippen LogP contribution in [-0.4, -0.2) is 39.4 Å². The smallest absolute Gasteiger partial charge is 0.315 e. The monoisotopic (exact) mass is 346 g/mol. The van der Waals surface area contributed by atoms with Crippen LogP contribution in [0.1, 0.15) is 21.6 Å². The lowest BCUT2D eigenvalue weighted by molar-refractivity contribution is -0.386. The first-order valence-electron chi connectivity index (χ1n) is 6.90. The summed E-state index contributed by atoms with van der Waals surface area (Å²) in [6.45, 7) is -0.235. The third-order valence-corrected chi connectivity index (χ3v) is 3.12. The molecule has 3 N–H and O–H groups in total. The van der Waals surface area contributed by atoms with Gasteiger partial charge in [-0.2, -0.15) is 5.10 Å². The maximum Gasteiger partial charge on any atom is 0.315 e. The molecule has 0 fully saturated rings. The number of hydrogen-bond acceptors (Lipinski definition) is 8. The number of benzene rings is 1. The summed E-state index contributed by atoms with van der Waals surface area (Å²) in [6, 6.07) is 5.38. The van der Waals surface area contributed by atoms with Gasteiger partial charge in [-0.05, 0) is 18.2 Å². The SMILES string of the molecule is COc1cc(/C=N\NC(=O)c2ccc(CO)nc2)cc([N+](=O)[O-])c1O. The molecule has 10 nitrogen and oxygen atoms in total. The van der Waals surface area contributed by atoms with Crippen molar-refractivity contribution in [1.82, 2.24) is 10.4 Å². The van der Waals surface area contributed by atoms with E-state index in [0.717, 1.165) is 6.07 Å². The molecule has 2 rings (SSSR count). The van der Waals surface area contributed by atoms with E-state index in [1.165, 1.54) is 37.7 Å². The van der Waals surface area contributed by atoms with E-state index in [4.69, 9.17) is 9.84 Å². The van der Waals surface area contributed by atoms with Crippen molar-refractivity contribution < 1.29 is 24.7 Å². The van der Waals surface area contributed by atoms with E-state index in [9.17, 15) is 20.0 Å². The summed E-state index contributed by atoms with van der Waals surface area (Å²) < 4.78 is 4.86. The summed E-state index contributed by atoms with van der Waals surface area (Å²) in [6.07, 6.45) is 2.45. The number of ether oxygens (including phenoxy) is 1. The van der Waals surface area contributed by atoms with Crippen LogP contribution >= 0.6 is 0 Å². The van der Waals surface area contributed by atoms with Crippen LogP contribution in [0.5, 0.6) is 11.5 Å². The fraction of sp³-hybridized carbons (Fsp3) is 0.133. The number of nitrogens with one attached hydrogen (secondary N) is 1. The van der Waals surface area contributed by atoms with Crippen molar-refractivity contribution in [1.29, 1.82) is 0 Å². The number of nitrogens with zero attached hydrogens (tertiary/aromatic N) is 3. The number of phenolic OH excluding ortho intramolecular Hbond substituents is 1. The predicted octanol–water partition coefficient (Wildman–Crippen LogP) is 0.960. The minimum atomic E-state index is -0.762. The van der Waals surface area contributed by atoms with Crippen LogP contribution in [0.2, 0.25) is 0 Å². The van der Waals surface area contributed by atoms with Crippen molar-refractivity contribution in [3.05, 3.63) is 57.4 Å². The Balaban J connectivity index is 2.14. The summed E-state index contributed by atoms with van der Waals surface area (Å²) in [5, 5.41) is 33.2. The van der Waals surface area contributed by atoms with E-state index in [0.29, 0.717) is 5.69 Å². The van der Waals surface area contributed by atoms with Gasteiger partial charge < -0.3 is 14.9 Å². The molecule has 0 radical (unpaired) electrons. The number of aliphatic hydroxyl groups excluding tert-OH is 1. The number of nitro benzene ring substituents is 1. The van der Waals surface area contributed by atoms with Gasteiger partial charge in [-0.25, -0.2) is 5.43 Å². The van der Waals surface area contributed by atoms with E-state index >= 15 is 0 Å². The Morgan fingerprint density at radius 2 is 2.24 bits per heavy atom. The zero-order valence-corrected chi connectivity index (χ0v) is 13.0. The zero-order valence-electron chi connectivity index (χ0n) is 13.0. The summed E-state index contributed by atoms with van der Waals surface area (Å²) in [4.78, 5) is 25.9. The van der Waals surface area contributed by atoms with E-state index < -0.39 is 22.3 Å². The van der Waals surface area contributed by atoms with Gasteiger partial charge in [-0.3, -0.25) is 19.9 Å². The highest BCUT2D eigenvalue weighted by Gasteiger charge is 2.19. The third-order valence-electron chi connectivity index (χ3n) is 3.12. The largest absolute Gasteiger partial charge is 0.500 e. The molecule has 0 atom stereocenters. The minimum Gasteiger partial charge on any atom is -0.500 e. The molecule has 0 bridgehead atoms. The Labute approximate surface area is 141 Å². The number of hydrazone groups is 1. The molecular weight excluding hydrogens is 332 g/mol. The fourth-order valence-electron chi connectivity index (χ4n) is 1.87. The van der Waals surface area contributed by atoms with Crippen molar-refractivity contribution in [2.24, 2.45) is 5.10 Å². The number of carbonyl (C=O) groups is 1. The second-order valence-electron chi connectivity index (χ2n) is 4.74. The van der Waals surface area contributed by atoms with Gasteiger partial charge in [0.15, 0.2) is 5.75 Å². The number of aromatic nitrogens is 1. The first kappa shape index (κ1) is 17.8. The van der Waals surface area contributed by atoms with E-state index in [1.807, 2.05) is 0 Å². The van der Waals surface area contributed by atoms with Gasteiger partial charge in [0.2, 0.25) is 5.75 Å². The van der Waals surface area contributed by atoms with Crippen molar-refractivity contribution in [2.45, 2.75) is 6.61 Å². The van der Waals surface area contributed by atoms with Crippen LogP contribution < -0.4 is 10.2 Å². The third kappa shape index (κ3) is 4.26. The topological polar surface area (TPSA) is 147 Å². The zero-order chi connectivity index (χ0) is 18.4. The van der Waals surface area contributed by atoms with E-state index in [1.54, 1.807) is 0 Å².